The normalized spacial score (nSPS) is 16.8. The third-order valence-corrected chi connectivity index (χ3v) is 7.14. The van der Waals surface area contributed by atoms with Crippen molar-refractivity contribution in [3.8, 4) is 17.7 Å². The summed E-state index contributed by atoms with van der Waals surface area (Å²) in [5, 5.41) is 3.08. The second-order valence-electron chi connectivity index (χ2n) is 8.41. The number of ether oxygens (including phenoxy) is 1. The molecule has 3 aromatic rings. The molecule has 4 N–H and O–H groups in total. The Bertz CT molecular complexity index is 1400. The van der Waals surface area contributed by atoms with E-state index in [1.807, 2.05) is 19.1 Å². The number of hydrogen-bond acceptors (Lipinski definition) is 7. The largest absolute Gasteiger partial charge is 0.378 e. The minimum absolute atomic E-state index is 0.276. The summed E-state index contributed by atoms with van der Waals surface area (Å²) in [6, 6.07) is 3.91. The molecular weight excluding hydrogens is 470 g/mol. The van der Waals surface area contributed by atoms with Crippen LogP contribution in [0.3, 0.4) is 0 Å². The number of nitrogens with one attached hydrogen (secondary N) is 2. The standard InChI is InChI=1S/C24H27N5O3S2/c1-14-11-17(14)12-16-5-7-26-19(13-16)29-23(31)21-18(15(2)34-22(21)28-24(29)33)3-4-20(30)27-8-10-32-9-6-25/h5,7,13-14,17H,6,8-12,25H2,1-2H3,(H,27,30)(H,28,33)/t14?,17-/m1/s1. The van der Waals surface area contributed by atoms with Gasteiger partial charge in [0.1, 0.15) is 10.6 Å². The van der Waals surface area contributed by atoms with Crippen molar-refractivity contribution >= 4 is 39.7 Å². The Morgan fingerprint density at radius 2 is 2.26 bits per heavy atom. The van der Waals surface area contributed by atoms with E-state index < -0.39 is 5.91 Å². The first-order valence-corrected chi connectivity index (χ1v) is 12.4. The smallest absolute Gasteiger partial charge is 0.296 e. The summed E-state index contributed by atoms with van der Waals surface area (Å²) in [7, 11) is 0. The number of aryl methyl sites for hydroxylation is 1. The highest BCUT2D eigenvalue weighted by molar-refractivity contribution is 7.71. The van der Waals surface area contributed by atoms with Crippen molar-refractivity contribution in [3.63, 3.8) is 0 Å². The highest BCUT2D eigenvalue weighted by Crippen LogP contribution is 2.40. The lowest BCUT2D eigenvalue weighted by atomic mass is 10.1. The second kappa shape index (κ2) is 10.6. The molecule has 3 heterocycles. The average molecular weight is 498 g/mol. The Labute approximate surface area is 206 Å². The molecular formula is C24H27N5O3S2. The molecule has 0 aliphatic heterocycles. The van der Waals surface area contributed by atoms with E-state index in [1.165, 1.54) is 22.3 Å². The molecule has 2 atom stereocenters. The molecule has 0 spiro atoms. The van der Waals surface area contributed by atoms with Gasteiger partial charge >= 0.3 is 0 Å². The van der Waals surface area contributed by atoms with Gasteiger partial charge in [0.05, 0.1) is 24.2 Å². The van der Waals surface area contributed by atoms with Crippen LogP contribution < -0.4 is 16.6 Å². The van der Waals surface area contributed by atoms with Gasteiger partial charge in [0.2, 0.25) is 0 Å². The SMILES string of the molecule is Cc1sc2[nH]c(=S)n(-c3cc(C[C@H]4CC4C)ccn3)c(=O)c2c1C#CC(=O)NCCOCCN. The number of aromatic nitrogens is 3. The summed E-state index contributed by atoms with van der Waals surface area (Å²) in [6.45, 7) is 5.67. The van der Waals surface area contributed by atoms with Crippen molar-refractivity contribution in [1.82, 2.24) is 19.9 Å². The Morgan fingerprint density at radius 3 is 3.00 bits per heavy atom. The zero-order valence-corrected chi connectivity index (χ0v) is 20.8. The zero-order valence-electron chi connectivity index (χ0n) is 19.1. The second-order valence-corrected chi connectivity index (χ2v) is 10.0. The van der Waals surface area contributed by atoms with Crippen molar-refractivity contribution in [2.24, 2.45) is 17.6 Å². The van der Waals surface area contributed by atoms with Crippen LogP contribution in [0.2, 0.25) is 0 Å². The summed E-state index contributed by atoms with van der Waals surface area (Å²) in [4.78, 5) is 34.7. The van der Waals surface area contributed by atoms with E-state index in [1.54, 1.807) is 6.20 Å². The van der Waals surface area contributed by atoms with Crippen LogP contribution in [0.25, 0.3) is 16.0 Å². The zero-order chi connectivity index (χ0) is 24.2. The van der Waals surface area contributed by atoms with Crippen LogP contribution >= 0.6 is 23.6 Å². The van der Waals surface area contributed by atoms with Gasteiger partial charge in [-0.25, -0.2) is 9.55 Å². The van der Waals surface area contributed by atoms with E-state index in [4.69, 9.17) is 22.7 Å². The van der Waals surface area contributed by atoms with Gasteiger partial charge in [-0.05, 0) is 61.5 Å². The molecule has 0 saturated heterocycles. The molecule has 1 saturated carbocycles. The van der Waals surface area contributed by atoms with E-state index in [0.717, 1.165) is 22.8 Å². The van der Waals surface area contributed by atoms with Gasteiger partial charge in [0.25, 0.3) is 11.5 Å². The lowest BCUT2D eigenvalue weighted by Gasteiger charge is -2.08. The van der Waals surface area contributed by atoms with Crippen molar-refractivity contribution in [2.75, 3.05) is 26.3 Å². The number of thiophene rings is 1. The molecule has 0 radical (unpaired) electrons. The highest BCUT2D eigenvalue weighted by atomic mass is 32.1. The molecule has 1 aliphatic rings. The third-order valence-electron chi connectivity index (χ3n) is 5.83. The fraction of sp³-hybridized carbons (Fsp3) is 0.417. The van der Waals surface area contributed by atoms with Gasteiger partial charge in [0.15, 0.2) is 4.77 Å². The first-order valence-electron chi connectivity index (χ1n) is 11.2. The minimum atomic E-state index is -0.442. The summed E-state index contributed by atoms with van der Waals surface area (Å²) in [5.74, 6) is 6.92. The molecule has 8 nitrogen and oxygen atoms in total. The molecule has 1 fully saturated rings. The van der Waals surface area contributed by atoms with Gasteiger partial charge in [-0.2, -0.15) is 0 Å². The minimum Gasteiger partial charge on any atom is -0.378 e. The quantitative estimate of drug-likeness (QED) is 0.250. The molecule has 3 aromatic heterocycles. The monoisotopic (exact) mass is 497 g/mol. The van der Waals surface area contributed by atoms with E-state index in [-0.39, 0.29) is 10.3 Å². The topological polar surface area (TPSA) is 115 Å². The number of rotatable bonds is 8. The summed E-state index contributed by atoms with van der Waals surface area (Å²) in [6.07, 6.45) is 3.91. The van der Waals surface area contributed by atoms with Crippen LogP contribution in [0.5, 0.6) is 0 Å². The number of amides is 1. The molecule has 1 unspecified atom stereocenters. The predicted molar refractivity (Wildman–Crippen MR) is 136 cm³/mol. The van der Waals surface area contributed by atoms with E-state index in [0.29, 0.717) is 53.8 Å². The summed E-state index contributed by atoms with van der Waals surface area (Å²) in [5.41, 5.74) is 6.71. The van der Waals surface area contributed by atoms with E-state index in [9.17, 15) is 9.59 Å². The number of carbonyl (C=O) groups excluding carboxylic acids is 1. The highest BCUT2D eigenvalue weighted by Gasteiger charge is 2.32. The van der Waals surface area contributed by atoms with Gasteiger partial charge in [0, 0.05) is 30.1 Å². The van der Waals surface area contributed by atoms with Crippen LogP contribution in [0.1, 0.15) is 29.3 Å². The number of pyridine rings is 1. The van der Waals surface area contributed by atoms with Gasteiger partial charge in [-0.1, -0.05) is 12.8 Å². The molecule has 10 heteroatoms. The van der Waals surface area contributed by atoms with Crippen LogP contribution in [0.15, 0.2) is 23.1 Å². The predicted octanol–water partition coefficient (Wildman–Crippen LogP) is 2.45. The first kappa shape index (κ1) is 24.3. The third kappa shape index (κ3) is 5.45. The maximum Gasteiger partial charge on any atom is 0.296 e. The van der Waals surface area contributed by atoms with Crippen molar-refractivity contribution < 1.29 is 9.53 Å². The molecule has 0 aromatic carbocycles. The molecule has 1 aliphatic carbocycles. The molecule has 4 rings (SSSR count). The number of nitrogens with two attached hydrogens (primary N) is 1. The Kier molecular flexibility index (Phi) is 7.58. The first-order chi connectivity index (χ1) is 16.4. The van der Waals surface area contributed by atoms with Gasteiger partial charge in [-0.15, -0.1) is 11.3 Å². The lowest BCUT2D eigenvalue weighted by Crippen LogP contribution is -2.26. The number of carbonyl (C=O) groups is 1. The summed E-state index contributed by atoms with van der Waals surface area (Å²) < 4.78 is 6.91. The average Bonchev–Trinajstić information content (AvgIpc) is 3.39. The van der Waals surface area contributed by atoms with Crippen molar-refractivity contribution in [1.29, 1.82) is 0 Å². The molecule has 0 bridgehead atoms. The molecule has 1 amide bonds. The van der Waals surface area contributed by atoms with Gasteiger partial charge < -0.3 is 20.8 Å². The van der Waals surface area contributed by atoms with Crippen LogP contribution in [-0.4, -0.2) is 46.7 Å². The van der Waals surface area contributed by atoms with Crippen LogP contribution in [0.4, 0.5) is 0 Å². The van der Waals surface area contributed by atoms with Gasteiger partial charge in [-0.3, -0.25) is 9.59 Å². The Balaban J connectivity index is 1.64. The number of fused-ring (bicyclic) bond motifs is 1. The molecule has 34 heavy (non-hydrogen) atoms. The maximum atomic E-state index is 13.5. The maximum absolute atomic E-state index is 13.5. The number of H-pyrrole nitrogens is 1. The number of nitrogens with zero attached hydrogens (tertiary/aromatic N) is 2. The fourth-order valence-electron chi connectivity index (χ4n) is 3.83. The Morgan fingerprint density at radius 1 is 1.47 bits per heavy atom. The fourth-order valence-corrected chi connectivity index (χ4v) is 5.18. The lowest BCUT2D eigenvalue weighted by molar-refractivity contribution is -0.115. The van der Waals surface area contributed by atoms with E-state index >= 15 is 0 Å². The summed E-state index contributed by atoms with van der Waals surface area (Å²) >= 11 is 6.89. The van der Waals surface area contributed by atoms with Crippen LogP contribution in [0, 0.1) is 35.4 Å². The van der Waals surface area contributed by atoms with Crippen molar-refractivity contribution in [3.05, 3.63) is 49.5 Å². The molecule has 178 valence electrons. The van der Waals surface area contributed by atoms with E-state index in [2.05, 4.69) is 34.0 Å². The Hall–Kier alpha value is -2.84. The van der Waals surface area contributed by atoms with Crippen molar-refractivity contribution in [2.45, 2.75) is 26.7 Å². The van der Waals surface area contributed by atoms with Crippen LogP contribution in [-0.2, 0) is 16.0 Å². The number of hydrogen-bond donors (Lipinski definition) is 3. The number of aromatic amines is 1.